The van der Waals surface area contributed by atoms with Crippen molar-refractivity contribution in [1.29, 1.82) is 0 Å². The molecule has 18 heavy (non-hydrogen) atoms. The molecule has 1 saturated heterocycles. The monoisotopic (exact) mass is 248 g/mol. The van der Waals surface area contributed by atoms with Crippen LogP contribution in [0.25, 0.3) is 0 Å². The summed E-state index contributed by atoms with van der Waals surface area (Å²) in [6.07, 6.45) is 1.52. The number of carboxylic acids is 1. The Hall–Kier alpha value is -1.84. The van der Waals surface area contributed by atoms with Crippen molar-refractivity contribution < 1.29 is 19.4 Å². The Labute approximate surface area is 106 Å². The first-order chi connectivity index (χ1) is 8.65. The third kappa shape index (κ3) is 3.32. The second-order valence-electron chi connectivity index (χ2n) is 4.61. The third-order valence-corrected chi connectivity index (χ3v) is 3.17. The lowest BCUT2D eigenvalue weighted by atomic mass is 9.95. The van der Waals surface area contributed by atoms with Crippen molar-refractivity contribution in [2.75, 3.05) is 0 Å². The van der Waals surface area contributed by atoms with Crippen molar-refractivity contribution in [1.82, 2.24) is 0 Å². The van der Waals surface area contributed by atoms with Gasteiger partial charge >= 0.3 is 11.9 Å². The van der Waals surface area contributed by atoms with Crippen molar-refractivity contribution in [2.24, 2.45) is 5.92 Å². The molecule has 2 unspecified atom stereocenters. The summed E-state index contributed by atoms with van der Waals surface area (Å²) in [5, 5.41) is 8.60. The van der Waals surface area contributed by atoms with E-state index < -0.39 is 5.97 Å². The molecule has 4 nitrogen and oxygen atoms in total. The molecule has 0 spiro atoms. The second-order valence-corrected chi connectivity index (χ2v) is 4.61. The molecule has 2 atom stereocenters. The third-order valence-electron chi connectivity index (χ3n) is 3.17. The van der Waals surface area contributed by atoms with E-state index in [1.165, 1.54) is 0 Å². The van der Waals surface area contributed by atoms with Gasteiger partial charge in [-0.3, -0.25) is 9.59 Å². The fourth-order valence-electron chi connectivity index (χ4n) is 2.25. The molecule has 1 aromatic rings. The molecule has 1 fully saturated rings. The van der Waals surface area contributed by atoms with E-state index in [0.29, 0.717) is 19.3 Å². The van der Waals surface area contributed by atoms with Gasteiger partial charge in [0.25, 0.3) is 0 Å². The van der Waals surface area contributed by atoms with E-state index in [1.54, 1.807) is 0 Å². The van der Waals surface area contributed by atoms with Gasteiger partial charge in [0, 0.05) is 6.42 Å². The van der Waals surface area contributed by atoms with E-state index >= 15 is 0 Å². The van der Waals surface area contributed by atoms with Gasteiger partial charge in [0.15, 0.2) is 0 Å². The van der Waals surface area contributed by atoms with Crippen LogP contribution in [0.4, 0.5) is 0 Å². The van der Waals surface area contributed by atoms with Crippen molar-refractivity contribution >= 4 is 11.9 Å². The lowest BCUT2D eigenvalue weighted by Crippen LogP contribution is -2.10. The van der Waals surface area contributed by atoms with Crippen LogP contribution >= 0.6 is 0 Å². The largest absolute Gasteiger partial charge is 0.481 e. The number of aliphatic carboxylic acids is 1. The number of carboxylic acid groups (broad SMARTS) is 1. The molecular weight excluding hydrogens is 232 g/mol. The van der Waals surface area contributed by atoms with Crippen LogP contribution in [0.5, 0.6) is 0 Å². The molecule has 2 rings (SSSR count). The second kappa shape index (κ2) is 5.67. The molecule has 96 valence electrons. The van der Waals surface area contributed by atoms with Crippen LogP contribution in [0, 0.1) is 5.92 Å². The van der Waals surface area contributed by atoms with Crippen LogP contribution in [0.15, 0.2) is 30.3 Å². The number of rotatable bonds is 5. The van der Waals surface area contributed by atoms with Gasteiger partial charge < -0.3 is 9.84 Å². The molecule has 0 aromatic heterocycles. The summed E-state index contributed by atoms with van der Waals surface area (Å²) in [5.41, 5.74) is 1.11. The SMILES string of the molecule is O=C(O)CCC1CC(Cc2ccccc2)C(=O)O1. The number of hydrogen-bond acceptors (Lipinski definition) is 3. The molecule has 0 amide bonds. The zero-order chi connectivity index (χ0) is 13.0. The Bertz CT molecular complexity index is 427. The zero-order valence-electron chi connectivity index (χ0n) is 10.0. The number of benzene rings is 1. The first-order valence-electron chi connectivity index (χ1n) is 6.11. The summed E-state index contributed by atoms with van der Waals surface area (Å²) in [5.74, 6) is -1.18. The maximum atomic E-state index is 11.7. The molecule has 0 radical (unpaired) electrons. The summed E-state index contributed by atoms with van der Waals surface area (Å²) in [7, 11) is 0. The number of carbonyl (C=O) groups excluding carboxylic acids is 1. The Kier molecular flexibility index (Phi) is 3.97. The van der Waals surface area contributed by atoms with E-state index in [-0.39, 0.29) is 24.4 Å². The summed E-state index contributed by atoms with van der Waals surface area (Å²) in [6.45, 7) is 0. The summed E-state index contributed by atoms with van der Waals surface area (Å²) >= 11 is 0. The fourth-order valence-corrected chi connectivity index (χ4v) is 2.25. The Morgan fingerprint density at radius 2 is 2.06 bits per heavy atom. The van der Waals surface area contributed by atoms with Gasteiger partial charge in [0.2, 0.25) is 0 Å². The van der Waals surface area contributed by atoms with Crippen LogP contribution in [0.3, 0.4) is 0 Å². The fraction of sp³-hybridized carbons (Fsp3) is 0.429. The molecule has 4 heteroatoms. The summed E-state index contributed by atoms with van der Waals surface area (Å²) in [6, 6.07) is 9.79. The van der Waals surface area contributed by atoms with E-state index in [0.717, 1.165) is 5.56 Å². The minimum atomic E-state index is -0.849. The van der Waals surface area contributed by atoms with E-state index in [1.807, 2.05) is 30.3 Å². The first kappa shape index (κ1) is 12.6. The number of ether oxygens (including phenoxy) is 1. The van der Waals surface area contributed by atoms with Crippen molar-refractivity contribution in [3.05, 3.63) is 35.9 Å². The summed E-state index contributed by atoms with van der Waals surface area (Å²) < 4.78 is 5.19. The Morgan fingerprint density at radius 3 is 2.72 bits per heavy atom. The smallest absolute Gasteiger partial charge is 0.309 e. The molecule has 1 N–H and O–H groups in total. The molecule has 0 bridgehead atoms. The lowest BCUT2D eigenvalue weighted by Gasteiger charge is -2.06. The normalized spacial score (nSPS) is 22.8. The van der Waals surface area contributed by atoms with E-state index in [4.69, 9.17) is 9.84 Å². The van der Waals surface area contributed by atoms with Crippen molar-refractivity contribution in [3.63, 3.8) is 0 Å². The maximum Gasteiger partial charge on any atom is 0.309 e. The van der Waals surface area contributed by atoms with Gasteiger partial charge in [-0.1, -0.05) is 30.3 Å². The van der Waals surface area contributed by atoms with Gasteiger partial charge in [-0.2, -0.15) is 0 Å². The van der Waals surface area contributed by atoms with Gasteiger partial charge in [0.1, 0.15) is 6.10 Å². The number of cyclic esters (lactones) is 1. The Morgan fingerprint density at radius 1 is 1.33 bits per heavy atom. The topological polar surface area (TPSA) is 63.6 Å². The van der Waals surface area contributed by atoms with Gasteiger partial charge in [-0.25, -0.2) is 0 Å². The van der Waals surface area contributed by atoms with Crippen molar-refractivity contribution in [3.8, 4) is 0 Å². The predicted molar refractivity (Wildman–Crippen MR) is 65.0 cm³/mol. The first-order valence-corrected chi connectivity index (χ1v) is 6.11. The molecule has 1 aromatic carbocycles. The van der Waals surface area contributed by atoms with Crippen LogP contribution in [-0.2, 0) is 20.7 Å². The predicted octanol–water partition coefficient (Wildman–Crippen LogP) is 2.03. The number of carbonyl (C=O) groups is 2. The van der Waals surface area contributed by atoms with Crippen LogP contribution in [-0.4, -0.2) is 23.1 Å². The molecule has 1 aliphatic rings. The molecular formula is C14H16O4. The highest BCUT2D eigenvalue weighted by Crippen LogP contribution is 2.27. The minimum absolute atomic E-state index is 0.0516. The minimum Gasteiger partial charge on any atom is -0.481 e. The highest BCUT2D eigenvalue weighted by molar-refractivity contribution is 5.75. The summed E-state index contributed by atoms with van der Waals surface area (Å²) in [4.78, 5) is 22.1. The molecule has 0 aliphatic carbocycles. The van der Waals surface area contributed by atoms with Gasteiger partial charge in [-0.05, 0) is 24.8 Å². The van der Waals surface area contributed by atoms with Crippen LogP contribution in [0.1, 0.15) is 24.8 Å². The average Bonchev–Trinajstić information content (AvgIpc) is 2.69. The maximum absolute atomic E-state index is 11.7. The average molecular weight is 248 g/mol. The van der Waals surface area contributed by atoms with E-state index in [9.17, 15) is 9.59 Å². The van der Waals surface area contributed by atoms with Gasteiger partial charge in [-0.15, -0.1) is 0 Å². The standard InChI is InChI=1S/C14H16O4/c15-13(16)7-6-12-9-11(14(17)18-12)8-10-4-2-1-3-5-10/h1-5,11-12H,6-9H2,(H,15,16). The lowest BCUT2D eigenvalue weighted by molar-refractivity contribution is -0.146. The quantitative estimate of drug-likeness (QED) is 0.810. The molecule has 0 saturated carbocycles. The van der Waals surface area contributed by atoms with Crippen molar-refractivity contribution in [2.45, 2.75) is 31.8 Å². The highest BCUT2D eigenvalue weighted by atomic mass is 16.5. The Balaban J connectivity index is 1.87. The number of hydrogen-bond donors (Lipinski definition) is 1. The van der Waals surface area contributed by atoms with Gasteiger partial charge in [0.05, 0.1) is 5.92 Å². The highest BCUT2D eigenvalue weighted by Gasteiger charge is 2.34. The number of esters is 1. The molecule has 1 heterocycles. The zero-order valence-corrected chi connectivity index (χ0v) is 10.0. The van der Waals surface area contributed by atoms with Crippen LogP contribution in [0.2, 0.25) is 0 Å². The van der Waals surface area contributed by atoms with Crippen LogP contribution < -0.4 is 0 Å². The van der Waals surface area contributed by atoms with E-state index in [2.05, 4.69) is 0 Å². The molecule has 1 aliphatic heterocycles.